The van der Waals surface area contributed by atoms with E-state index in [1.165, 1.54) is 16.7 Å². The largest absolute Gasteiger partial charge is 0.495 e. The maximum absolute atomic E-state index is 12.4. The zero-order chi connectivity index (χ0) is 15.1. The van der Waals surface area contributed by atoms with Crippen LogP contribution in [-0.2, 0) is 4.79 Å². The molecule has 1 amide bonds. The van der Waals surface area contributed by atoms with Crippen molar-refractivity contribution in [1.29, 1.82) is 0 Å². The van der Waals surface area contributed by atoms with Crippen molar-refractivity contribution in [2.45, 2.75) is 33.4 Å². The molecular weight excluding hydrogens is 264 g/mol. The first-order valence-corrected chi connectivity index (χ1v) is 7.48. The molecule has 2 aliphatic rings. The van der Waals surface area contributed by atoms with Crippen LogP contribution in [0.2, 0.25) is 0 Å². The van der Waals surface area contributed by atoms with Crippen LogP contribution >= 0.6 is 0 Å². The van der Waals surface area contributed by atoms with Crippen LogP contribution in [0.1, 0.15) is 31.4 Å². The van der Waals surface area contributed by atoms with Gasteiger partial charge in [-0.1, -0.05) is 19.9 Å². The zero-order valence-corrected chi connectivity index (χ0v) is 13.1. The Morgan fingerprint density at radius 2 is 2.19 bits per heavy atom. The summed E-state index contributed by atoms with van der Waals surface area (Å²) in [5.74, 6) is 1.05. The summed E-state index contributed by atoms with van der Waals surface area (Å²) >= 11 is 0. The van der Waals surface area contributed by atoms with E-state index in [-0.39, 0.29) is 18.0 Å². The molecule has 0 saturated carbocycles. The summed E-state index contributed by atoms with van der Waals surface area (Å²) in [6, 6.07) is 4.05. The van der Waals surface area contributed by atoms with E-state index in [2.05, 4.69) is 24.4 Å². The van der Waals surface area contributed by atoms with Crippen LogP contribution in [0.5, 0.6) is 5.75 Å². The highest BCUT2D eigenvalue weighted by molar-refractivity contribution is 5.85. The highest BCUT2D eigenvalue weighted by atomic mass is 16.5. The first-order valence-electron chi connectivity index (χ1n) is 7.48. The number of rotatable bonds is 2. The fraction of sp³-hybridized carbons (Fsp3) is 0.471. The third-order valence-electron chi connectivity index (χ3n) is 4.34. The number of hydrogen-bond donors (Lipinski definition) is 1. The normalized spacial score (nSPS) is 19.8. The molecule has 1 N–H and O–H groups in total. The molecule has 112 valence electrons. The number of benzene rings is 1. The van der Waals surface area contributed by atoms with Crippen molar-refractivity contribution < 1.29 is 9.53 Å². The van der Waals surface area contributed by atoms with Crippen LogP contribution in [0.25, 0.3) is 6.08 Å². The quantitative estimate of drug-likeness (QED) is 0.908. The lowest BCUT2D eigenvalue weighted by atomic mass is 9.97. The highest BCUT2D eigenvalue weighted by Gasteiger charge is 2.36. The van der Waals surface area contributed by atoms with E-state index in [9.17, 15) is 4.79 Å². The molecule has 1 atom stereocenters. The van der Waals surface area contributed by atoms with E-state index in [4.69, 9.17) is 4.74 Å². The molecule has 0 aromatic heterocycles. The van der Waals surface area contributed by atoms with Gasteiger partial charge >= 0.3 is 0 Å². The van der Waals surface area contributed by atoms with Gasteiger partial charge in [0.25, 0.3) is 0 Å². The van der Waals surface area contributed by atoms with Crippen LogP contribution in [0.3, 0.4) is 0 Å². The molecule has 1 unspecified atom stereocenters. The Labute approximate surface area is 125 Å². The van der Waals surface area contributed by atoms with Crippen LogP contribution in [0.4, 0.5) is 5.69 Å². The second-order valence-corrected chi connectivity index (χ2v) is 6.08. The van der Waals surface area contributed by atoms with E-state index >= 15 is 0 Å². The smallest absolute Gasteiger partial charge is 0.227 e. The topological polar surface area (TPSA) is 41.6 Å². The fourth-order valence-corrected chi connectivity index (χ4v) is 3.14. The number of likely N-dealkylation sites (tertiary alicyclic amines) is 1. The first kappa shape index (κ1) is 14.0. The minimum Gasteiger partial charge on any atom is -0.495 e. The molecule has 4 heteroatoms. The number of amides is 1. The predicted octanol–water partition coefficient (Wildman–Crippen LogP) is 3.03. The third kappa shape index (κ3) is 2.19. The van der Waals surface area contributed by atoms with Gasteiger partial charge < -0.3 is 15.0 Å². The first-order chi connectivity index (χ1) is 10.0. The summed E-state index contributed by atoms with van der Waals surface area (Å²) in [5, 5.41) is 3.52. The number of anilines is 1. The van der Waals surface area contributed by atoms with Crippen LogP contribution in [0.15, 0.2) is 17.7 Å². The van der Waals surface area contributed by atoms with E-state index < -0.39 is 0 Å². The SMILES string of the molecule is COc1ccc(C)c2c1NC1C(=C2)CCN1C(=O)C(C)C. The van der Waals surface area contributed by atoms with Crippen molar-refractivity contribution in [3.63, 3.8) is 0 Å². The molecule has 1 aromatic rings. The molecule has 0 radical (unpaired) electrons. The number of carbonyl (C=O) groups excluding carboxylic acids is 1. The maximum atomic E-state index is 12.4. The number of aryl methyl sites for hydroxylation is 1. The second-order valence-electron chi connectivity index (χ2n) is 6.08. The van der Waals surface area contributed by atoms with Gasteiger partial charge in [0.2, 0.25) is 5.91 Å². The van der Waals surface area contributed by atoms with E-state index in [0.29, 0.717) is 0 Å². The summed E-state index contributed by atoms with van der Waals surface area (Å²) in [6.45, 7) is 6.79. The average Bonchev–Trinajstić information content (AvgIpc) is 2.88. The Bertz CT molecular complexity index is 619. The lowest BCUT2D eigenvalue weighted by molar-refractivity contribution is -0.134. The molecule has 0 bridgehead atoms. The van der Waals surface area contributed by atoms with Crippen LogP contribution < -0.4 is 10.1 Å². The molecule has 0 spiro atoms. The van der Waals surface area contributed by atoms with Crippen molar-refractivity contribution in [2.24, 2.45) is 5.92 Å². The molecule has 21 heavy (non-hydrogen) atoms. The molecule has 2 aliphatic heterocycles. The zero-order valence-electron chi connectivity index (χ0n) is 13.1. The fourth-order valence-electron chi connectivity index (χ4n) is 3.14. The molecule has 2 heterocycles. The van der Waals surface area contributed by atoms with Gasteiger partial charge in [-0.15, -0.1) is 0 Å². The summed E-state index contributed by atoms with van der Waals surface area (Å²) in [7, 11) is 1.68. The second kappa shape index (κ2) is 5.10. The molecule has 3 rings (SSSR count). The Hall–Kier alpha value is -1.97. The van der Waals surface area contributed by atoms with Gasteiger partial charge in [0.15, 0.2) is 0 Å². The minimum absolute atomic E-state index is 0.0203. The number of nitrogens with zero attached hydrogens (tertiary/aromatic N) is 1. The number of carbonyl (C=O) groups is 1. The van der Waals surface area contributed by atoms with Gasteiger partial charge in [0.05, 0.1) is 12.8 Å². The van der Waals surface area contributed by atoms with Crippen molar-refractivity contribution in [3.05, 3.63) is 28.8 Å². The monoisotopic (exact) mass is 286 g/mol. The van der Waals surface area contributed by atoms with Gasteiger partial charge in [-0.25, -0.2) is 0 Å². The molecular formula is C17H22N2O2. The van der Waals surface area contributed by atoms with Gasteiger partial charge in [-0.05, 0) is 36.6 Å². The van der Waals surface area contributed by atoms with Gasteiger partial charge in [-0.2, -0.15) is 0 Å². The molecule has 4 nitrogen and oxygen atoms in total. The number of hydrogen-bond acceptors (Lipinski definition) is 3. The van der Waals surface area contributed by atoms with Crippen molar-refractivity contribution in [1.82, 2.24) is 4.90 Å². The number of fused-ring (bicyclic) bond motifs is 2. The predicted molar refractivity (Wildman–Crippen MR) is 84.3 cm³/mol. The summed E-state index contributed by atoms with van der Waals surface area (Å²) < 4.78 is 5.46. The van der Waals surface area contributed by atoms with Crippen LogP contribution in [-0.4, -0.2) is 30.6 Å². The lowest BCUT2D eigenvalue weighted by Gasteiger charge is -2.32. The number of nitrogens with one attached hydrogen (secondary N) is 1. The standard InChI is InChI=1S/C17H22N2O2/c1-10(2)17(20)19-8-7-12-9-13-11(3)5-6-14(21-4)15(13)18-16(12)19/h5-6,9-10,16,18H,7-8H2,1-4H3. The maximum Gasteiger partial charge on any atom is 0.227 e. The van der Waals surface area contributed by atoms with Gasteiger partial charge in [0, 0.05) is 18.0 Å². The summed E-state index contributed by atoms with van der Waals surface area (Å²) in [6.07, 6.45) is 3.14. The molecule has 1 aromatic carbocycles. The van der Waals surface area contributed by atoms with Crippen molar-refractivity contribution >= 4 is 17.7 Å². The third-order valence-corrected chi connectivity index (χ3v) is 4.34. The lowest BCUT2D eigenvalue weighted by Crippen LogP contribution is -2.43. The highest BCUT2D eigenvalue weighted by Crippen LogP contribution is 2.41. The van der Waals surface area contributed by atoms with Crippen molar-refractivity contribution in [3.8, 4) is 5.75 Å². The van der Waals surface area contributed by atoms with Crippen molar-refractivity contribution in [2.75, 3.05) is 19.0 Å². The summed E-state index contributed by atoms with van der Waals surface area (Å²) in [5.41, 5.74) is 4.68. The average molecular weight is 286 g/mol. The minimum atomic E-state index is -0.0249. The Morgan fingerprint density at radius 1 is 1.43 bits per heavy atom. The molecule has 1 fully saturated rings. The molecule has 0 aliphatic carbocycles. The Kier molecular flexibility index (Phi) is 3.40. The number of methoxy groups -OCH3 is 1. The Morgan fingerprint density at radius 3 is 2.86 bits per heavy atom. The van der Waals surface area contributed by atoms with Gasteiger partial charge in [-0.3, -0.25) is 4.79 Å². The van der Waals surface area contributed by atoms with E-state index in [0.717, 1.165) is 24.4 Å². The Balaban J connectivity index is 2.01. The van der Waals surface area contributed by atoms with Gasteiger partial charge in [0.1, 0.15) is 11.9 Å². The molecule has 1 saturated heterocycles. The van der Waals surface area contributed by atoms with Crippen LogP contribution in [0, 0.1) is 12.8 Å². The number of ether oxygens (including phenoxy) is 1. The van der Waals surface area contributed by atoms with E-state index in [1.54, 1.807) is 7.11 Å². The van der Waals surface area contributed by atoms with E-state index in [1.807, 2.05) is 24.8 Å². The summed E-state index contributed by atoms with van der Waals surface area (Å²) in [4.78, 5) is 14.3.